The topological polar surface area (TPSA) is 43.8 Å². The molecule has 3 nitrogen and oxygen atoms in total. The van der Waals surface area contributed by atoms with E-state index in [2.05, 4.69) is 32.7 Å². The molecule has 0 atom stereocenters. The summed E-state index contributed by atoms with van der Waals surface area (Å²) in [6, 6.07) is 0. The second kappa shape index (κ2) is 4.25. The van der Waals surface area contributed by atoms with Gasteiger partial charge in [-0.25, -0.2) is 4.98 Å². The number of aromatic nitrogens is 2. The van der Waals surface area contributed by atoms with Crippen LogP contribution in [0.5, 0.6) is 0 Å². The molecule has 1 heterocycles. The van der Waals surface area contributed by atoms with Gasteiger partial charge in [0.2, 0.25) is 0 Å². The van der Waals surface area contributed by atoms with E-state index in [1.165, 1.54) is 0 Å². The van der Waals surface area contributed by atoms with Gasteiger partial charge in [0.05, 0.1) is 5.69 Å². The number of hydrogen-bond donors (Lipinski definition) is 1. The van der Waals surface area contributed by atoms with Crippen LogP contribution in [0.1, 0.15) is 45.6 Å². The van der Waals surface area contributed by atoms with Crippen LogP contribution in [0.4, 0.5) is 5.82 Å². The lowest BCUT2D eigenvalue weighted by atomic mass is 9.90. The van der Waals surface area contributed by atoms with E-state index in [-0.39, 0.29) is 5.41 Å². The Labute approximate surface area is 92.7 Å². The molecule has 0 spiro atoms. The average Bonchev–Trinajstić information content (AvgIpc) is 2.32. The molecular weight excluding hydrogens is 186 g/mol. The number of nitrogen functional groups attached to an aromatic ring is 1. The number of nitrogens with zero attached hydrogens (tertiary/aromatic N) is 2. The van der Waals surface area contributed by atoms with Gasteiger partial charge >= 0.3 is 0 Å². The van der Waals surface area contributed by atoms with E-state index in [1.54, 1.807) is 0 Å². The van der Waals surface area contributed by atoms with Crippen molar-refractivity contribution in [2.24, 2.45) is 12.5 Å². The van der Waals surface area contributed by atoms with Crippen molar-refractivity contribution in [3.63, 3.8) is 0 Å². The molecule has 1 aromatic heterocycles. The van der Waals surface area contributed by atoms with Gasteiger partial charge in [-0.15, -0.1) is 0 Å². The fraction of sp³-hybridized carbons (Fsp3) is 0.750. The fourth-order valence-electron chi connectivity index (χ4n) is 1.70. The minimum absolute atomic E-state index is 0.242. The van der Waals surface area contributed by atoms with E-state index in [4.69, 9.17) is 5.73 Å². The molecule has 0 aliphatic heterocycles. The maximum absolute atomic E-state index is 6.04. The summed E-state index contributed by atoms with van der Waals surface area (Å²) in [6.45, 7) is 8.79. The van der Waals surface area contributed by atoms with Crippen molar-refractivity contribution >= 4 is 5.82 Å². The van der Waals surface area contributed by atoms with Crippen LogP contribution in [0.15, 0.2) is 0 Å². The molecule has 0 amide bonds. The molecule has 0 aliphatic carbocycles. The first kappa shape index (κ1) is 12.1. The number of aryl methyl sites for hydroxylation is 1. The lowest BCUT2D eigenvalue weighted by Gasteiger charge is -2.16. The molecule has 0 aliphatic rings. The highest BCUT2D eigenvalue weighted by atomic mass is 15.1. The van der Waals surface area contributed by atoms with Crippen LogP contribution in [0, 0.1) is 5.41 Å². The van der Waals surface area contributed by atoms with Crippen LogP contribution in [0.2, 0.25) is 0 Å². The summed E-state index contributed by atoms with van der Waals surface area (Å²) in [5.41, 5.74) is 7.33. The van der Waals surface area contributed by atoms with Crippen LogP contribution >= 0.6 is 0 Å². The summed E-state index contributed by atoms with van der Waals surface area (Å²) >= 11 is 0. The Hall–Kier alpha value is -0.990. The molecule has 0 unspecified atom stereocenters. The van der Waals surface area contributed by atoms with E-state index in [0.29, 0.717) is 0 Å². The van der Waals surface area contributed by atoms with Crippen LogP contribution in [-0.4, -0.2) is 9.55 Å². The second-order valence-corrected chi connectivity index (χ2v) is 5.41. The molecule has 0 aromatic carbocycles. The molecule has 0 radical (unpaired) electrons. The van der Waals surface area contributed by atoms with Crippen molar-refractivity contribution in [1.82, 2.24) is 9.55 Å². The van der Waals surface area contributed by atoms with Gasteiger partial charge in [-0.3, -0.25) is 0 Å². The zero-order valence-corrected chi connectivity index (χ0v) is 10.6. The summed E-state index contributed by atoms with van der Waals surface area (Å²) < 4.78 is 2.02. The van der Waals surface area contributed by atoms with Crippen LogP contribution in [0.25, 0.3) is 0 Å². The Balaban J connectivity index is 2.95. The molecular formula is C12H23N3. The average molecular weight is 209 g/mol. The first-order chi connectivity index (χ1) is 6.85. The molecule has 1 rings (SSSR count). The normalized spacial score (nSPS) is 12.1. The van der Waals surface area contributed by atoms with Gasteiger partial charge in [-0.2, -0.15) is 0 Å². The molecule has 0 fully saturated rings. The number of hydrogen-bond acceptors (Lipinski definition) is 2. The Morgan fingerprint density at radius 3 is 2.40 bits per heavy atom. The maximum atomic E-state index is 6.04. The molecule has 86 valence electrons. The van der Waals surface area contributed by atoms with E-state index in [1.807, 2.05) is 11.6 Å². The maximum Gasteiger partial charge on any atom is 0.126 e. The highest BCUT2D eigenvalue weighted by molar-refractivity contribution is 5.38. The van der Waals surface area contributed by atoms with Gasteiger partial charge in [-0.1, -0.05) is 27.7 Å². The molecule has 1 aromatic rings. The Kier molecular flexibility index (Phi) is 3.42. The number of imidazole rings is 1. The van der Waals surface area contributed by atoms with Crippen molar-refractivity contribution in [2.45, 2.75) is 47.0 Å². The third kappa shape index (κ3) is 2.98. The molecule has 0 saturated carbocycles. The third-order valence-corrected chi connectivity index (χ3v) is 2.48. The van der Waals surface area contributed by atoms with Crippen LogP contribution in [-0.2, 0) is 19.9 Å². The van der Waals surface area contributed by atoms with E-state index >= 15 is 0 Å². The van der Waals surface area contributed by atoms with E-state index in [9.17, 15) is 0 Å². The lowest BCUT2D eigenvalue weighted by Crippen LogP contribution is -2.11. The summed E-state index contributed by atoms with van der Waals surface area (Å²) in [6.07, 6.45) is 3.06. The number of anilines is 1. The summed E-state index contributed by atoms with van der Waals surface area (Å²) in [4.78, 5) is 4.62. The van der Waals surface area contributed by atoms with E-state index < -0.39 is 0 Å². The number of nitrogens with two attached hydrogens (primary N) is 1. The Bertz CT molecular complexity index is 331. The predicted octanol–water partition coefficient (Wildman–Crippen LogP) is 2.54. The van der Waals surface area contributed by atoms with Gasteiger partial charge in [-0.05, 0) is 18.3 Å². The number of rotatable bonds is 3. The van der Waals surface area contributed by atoms with Gasteiger partial charge < -0.3 is 10.3 Å². The van der Waals surface area contributed by atoms with Crippen molar-refractivity contribution < 1.29 is 0 Å². The second-order valence-electron chi connectivity index (χ2n) is 5.41. The largest absolute Gasteiger partial charge is 0.384 e. The van der Waals surface area contributed by atoms with Crippen molar-refractivity contribution in [2.75, 3.05) is 5.73 Å². The Morgan fingerprint density at radius 1 is 1.33 bits per heavy atom. The SMILES string of the molecule is CCCc1nc(CC(C)(C)C)c(N)n1C. The van der Waals surface area contributed by atoms with Crippen molar-refractivity contribution in [3.8, 4) is 0 Å². The molecule has 15 heavy (non-hydrogen) atoms. The minimum atomic E-state index is 0.242. The molecule has 2 N–H and O–H groups in total. The summed E-state index contributed by atoms with van der Waals surface area (Å²) in [7, 11) is 2.00. The highest BCUT2D eigenvalue weighted by Gasteiger charge is 2.18. The predicted molar refractivity (Wildman–Crippen MR) is 64.8 cm³/mol. The third-order valence-electron chi connectivity index (χ3n) is 2.48. The monoisotopic (exact) mass is 209 g/mol. The zero-order chi connectivity index (χ0) is 11.6. The molecule has 3 heteroatoms. The summed E-state index contributed by atoms with van der Waals surface area (Å²) in [5.74, 6) is 1.93. The fourth-order valence-corrected chi connectivity index (χ4v) is 1.70. The summed E-state index contributed by atoms with van der Waals surface area (Å²) in [5, 5.41) is 0. The first-order valence-electron chi connectivity index (χ1n) is 5.65. The molecule has 0 saturated heterocycles. The van der Waals surface area contributed by atoms with Gasteiger partial charge in [0.25, 0.3) is 0 Å². The molecule has 0 bridgehead atoms. The van der Waals surface area contributed by atoms with Crippen LogP contribution < -0.4 is 5.73 Å². The minimum Gasteiger partial charge on any atom is -0.384 e. The smallest absolute Gasteiger partial charge is 0.126 e. The lowest BCUT2D eigenvalue weighted by molar-refractivity contribution is 0.407. The quantitative estimate of drug-likeness (QED) is 0.831. The van der Waals surface area contributed by atoms with Gasteiger partial charge in [0.1, 0.15) is 11.6 Å². The zero-order valence-electron chi connectivity index (χ0n) is 10.6. The van der Waals surface area contributed by atoms with Gasteiger partial charge in [0.15, 0.2) is 0 Å². The van der Waals surface area contributed by atoms with Gasteiger partial charge in [0, 0.05) is 13.5 Å². The van der Waals surface area contributed by atoms with Crippen molar-refractivity contribution in [1.29, 1.82) is 0 Å². The highest BCUT2D eigenvalue weighted by Crippen LogP contribution is 2.24. The first-order valence-corrected chi connectivity index (χ1v) is 5.65. The van der Waals surface area contributed by atoms with Crippen LogP contribution in [0.3, 0.4) is 0 Å². The standard InChI is InChI=1S/C12H23N3/c1-6-7-10-14-9(8-12(2,3)4)11(13)15(10)5/h6-8,13H2,1-5H3. The van der Waals surface area contributed by atoms with Crippen molar-refractivity contribution in [3.05, 3.63) is 11.5 Å². The van der Waals surface area contributed by atoms with E-state index in [0.717, 1.165) is 36.6 Å². The Morgan fingerprint density at radius 2 is 1.93 bits per heavy atom.